The molecule has 3 nitrogen and oxygen atoms in total. The Morgan fingerprint density at radius 2 is 2.00 bits per heavy atom. The third-order valence-electron chi connectivity index (χ3n) is 2.48. The molecule has 1 N–H and O–H groups in total. The first-order chi connectivity index (χ1) is 7.95. The Bertz CT molecular complexity index is 441. The summed E-state index contributed by atoms with van der Waals surface area (Å²) in [6.45, 7) is 5.55. The van der Waals surface area contributed by atoms with Gasteiger partial charge in [0.1, 0.15) is 5.88 Å². The van der Waals surface area contributed by atoms with E-state index in [4.69, 9.17) is 11.6 Å². The molecule has 4 heteroatoms. The van der Waals surface area contributed by atoms with Gasteiger partial charge in [-0.2, -0.15) is 0 Å². The molecule has 0 radical (unpaired) electrons. The minimum atomic E-state index is -0.269. The average Bonchev–Trinajstić information content (AvgIpc) is 2.28. The first kappa shape index (κ1) is 13.7. The number of hydrogen-bond acceptors (Lipinski definition) is 2. The molecule has 0 fully saturated rings. The second-order valence-corrected chi connectivity index (χ2v) is 4.46. The third kappa shape index (κ3) is 3.56. The lowest BCUT2D eigenvalue weighted by atomic mass is 9.98. The maximum Gasteiger partial charge on any atom is 0.239 e. The molecular formula is C13H16ClNO2. The van der Waals surface area contributed by atoms with Crippen LogP contribution in [0.5, 0.6) is 0 Å². The molecule has 1 amide bonds. The van der Waals surface area contributed by atoms with Gasteiger partial charge in [-0.1, -0.05) is 26.0 Å². The van der Waals surface area contributed by atoms with Gasteiger partial charge in [-0.25, -0.2) is 0 Å². The summed E-state index contributed by atoms with van der Waals surface area (Å²) in [5, 5.41) is 2.71. The topological polar surface area (TPSA) is 46.2 Å². The summed E-state index contributed by atoms with van der Waals surface area (Å²) in [6.07, 6.45) is 0. The van der Waals surface area contributed by atoms with Crippen molar-refractivity contribution in [2.24, 2.45) is 0 Å². The van der Waals surface area contributed by atoms with Crippen LogP contribution in [-0.4, -0.2) is 17.6 Å². The zero-order valence-corrected chi connectivity index (χ0v) is 11.0. The standard InChI is InChI=1S/C13H16ClNO2/c1-8(2)11-5-4-10(9(3)16)6-12(11)15-13(17)7-14/h4-6,8H,7H2,1-3H3,(H,15,17). The summed E-state index contributed by atoms with van der Waals surface area (Å²) in [5.41, 5.74) is 2.24. The van der Waals surface area contributed by atoms with Gasteiger partial charge in [0.2, 0.25) is 5.91 Å². The molecule has 0 heterocycles. The van der Waals surface area contributed by atoms with Gasteiger partial charge < -0.3 is 5.32 Å². The van der Waals surface area contributed by atoms with Crippen LogP contribution in [0, 0.1) is 0 Å². The van der Waals surface area contributed by atoms with Crippen molar-refractivity contribution in [3.63, 3.8) is 0 Å². The first-order valence-corrected chi connectivity index (χ1v) is 5.99. The van der Waals surface area contributed by atoms with Crippen molar-refractivity contribution in [3.05, 3.63) is 29.3 Å². The predicted octanol–water partition coefficient (Wildman–Crippen LogP) is 3.19. The van der Waals surface area contributed by atoms with Crippen LogP contribution >= 0.6 is 11.6 Å². The highest BCUT2D eigenvalue weighted by atomic mass is 35.5. The zero-order chi connectivity index (χ0) is 13.0. The maximum absolute atomic E-state index is 11.3. The molecule has 0 aliphatic heterocycles. The molecular weight excluding hydrogens is 238 g/mol. The summed E-state index contributed by atoms with van der Waals surface area (Å²) >= 11 is 5.46. The number of amides is 1. The van der Waals surface area contributed by atoms with E-state index in [1.54, 1.807) is 12.1 Å². The Labute approximate surface area is 106 Å². The van der Waals surface area contributed by atoms with Crippen LogP contribution in [0.15, 0.2) is 18.2 Å². The molecule has 1 rings (SSSR count). The van der Waals surface area contributed by atoms with E-state index in [9.17, 15) is 9.59 Å². The van der Waals surface area contributed by atoms with Crippen molar-refractivity contribution >= 4 is 29.0 Å². The second kappa shape index (κ2) is 5.82. The van der Waals surface area contributed by atoms with Crippen molar-refractivity contribution in [1.29, 1.82) is 0 Å². The molecule has 1 aromatic rings. The number of benzene rings is 1. The van der Waals surface area contributed by atoms with Gasteiger partial charge >= 0.3 is 0 Å². The van der Waals surface area contributed by atoms with E-state index in [1.165, 1.54) is 6.92 Å². The Kier molecular flexibility index (Phi) is 4.70. The largest absolute Gasteiger partial charge is 0.325 e. The quantitative estimate of drug-likeness (QED) is 0.662. The molecule has 1 aromatic carbocycles. The van der Waals surface area contributed by atoms with E-state index < -0.39 is 0 Å². The molecule has 92 valence electrons. The Hall–Kier alpha value is -1.35. The van der Waals surface area contributed by atoms with Gasteiger partial charge in [-0.15, -0.1) is 11.6 Å². The van der Waals surface area contributed by atoms with E-state index in [2.05, 4.69) is 5.32 Å². The van der Waals surface area contributed by atoms with E-state index >= 15 is 0 Å². The van der Waals surface area contributed by atoms with Gasteiger partial charge in [-0.3, -0.25) is 9.59 Å². The minimum Gasteiger partial charge on any atom is -0.325 e. The Morgan fingerprint density at radius 1 is 1.35 bits per heavy atom. The van der Waals surface area contributed by atoms with Gasteiger partial charge in [0, 0.05) is 11.3 Å². The second-order valence-electron chi connectivity index (χ2n) is 4.19. The fourth-order valence-corrected chi connectivity index (χ4v) is 1.64. The van der Waals surface area contributed by atoms with Crippen LogP contribution in [0.3, 0.4) is 0 Å². The van der Waals surface area contributed by atoms with Crippen molar-refractivity contribution in [2.45, 2.75) is 26.7 Å². The molecule has 0 bridgehead atoms. The lowest BCUT2D eigenvalue weighted by molar-refractivity contribution is -0.113. The highest BCUT2D eigenvalue weighted by molar-refractivity contribution is 6.29. The van der Waals surface area contributed by atoms with Crippen molar-refractivity contribution in [1.82, 2.24) is 0 Å². The van der Waals surface area contributed by atoms with Gasteiger partial charge in [-0.05, 0) is 24.5 Å². The molecule has 17 heavy (non-hydrogen) atoms. The van der Waals surface area contributed by atoms with Crippen LogP contribution in [0.4, 0.5) is 5.69 Å². The number of ketones is 1. The van der Waals surface area contributed by atoms with Crippen LogP contribution in [0.1, 0.15) is 42.6 Å². The monoisotopic (exact) mass is 253 g/mol. The van der Waals surface area contributed by atoms with Gasteiger partial charge in [0.25, 0.3) is 0 Å². The number of carbonyl (C=O) groups is 2. The van der Waals surface area contributed by atoms with E-state index in [1.807, 2.05) is 19.9 Å². The number of anilines is 1. The van der Waals surface area contributed by atoms with E-state index in [0.717, 1.165) is 5.56 Å². The highest BCUT2D eigenvalue weighted by Crippen LogP contribution is 2.25. The molecule has 0 aromatic heterocycles. The summed E-state index contributed by atoms with van der Waals surface area (Å²) < 4.78 is 0. The van der Waals surface area contributed by atoms with Crippen molar-refractivity contribution in [3.8, 4) is 0 Å². The molecule has 0 saturated heterocycles. The summed E-state index contributed by atoms with van der Waals surface area (Å²) in [7, 11) is 0. The number of Topliss-reactive ketones (excluding diaryl/α,β-unsaturated/α-hetero) is 1. The molecule has 0 unspecified atom stereocenters. The number of alkyl halides is 1. The number of carbonyl (C=O) groups excluding carboxylic acids is 2. The zero-order valence-electron chi connectivity index (χ0n) is 10.2. The van der Waals surface area contributed by atoms with Crippen LogP contribution < -0.4 is 5.32 Å². The lowest BCUT2D eigenvalue weighted by Crippen LogP contribution is -2.15. The summed E-state index contributed by atoms with van der Waals surface area (Å²) in [5.74, 6) is -0.125. The molecule has 0 aliphatic rings. The molecule has 0 saturated carbocycles. The normalized spacial score (nSPS) is 10.4. The Balaban J connectivity index is 3.15. The average molecular weight is 254 g/mol. The first-order valence-electron chi connectivity index (χ1n) is 5.46. The van der Waals surface area contributed by atoms with Gasteiger partial charge in [0.15, 0.2) is 5.78 Å². The van der Waals surface area contributed by atoms with Crippen molar-refractivity contribution < 1.29 is 9.59 Å². The van der Waals surface area contributed by atoms with Crippen LogP contribution in [0.25, 0.3) is 0 Å². The number of hydrogen-bond donors (Lipinski definition) is 1. The fraction of sp³-hybridized carbons (Fsp3) is 0.385. The molecule has 0 spiro atoms. The van der Waals surface area contributed by atoms with Crippen LogP contribution in [0.2, 0.25) is 0 Å². The number of halogens is 1. The lowest BCUT2D eigenvalue weighted by Gasteiger charge is -2.14. The number of nitrogens with one attached hydrogen (secondary N) is 1. The highest BCUT2D eigenvalue weighted by Gasteiger charge is 2.11. The maximum atomic E-state index is 11.3. The van der Waals surface area contributed by atoms with E-state index in [0.29, 0.717) is 11.3 Å². The SMILES string of the molecule is CC(=O)c1ccc(C(C)C)c(NC(=O)CCl)c1. The molecule has 0 aliphatic carbocycles. The van der Waals surface area contributed by atoms with Crippen molar-refractivity contribution in [2.75, 3.05) is 11.2 Å². The molecule has 0 atom stereocenters. The van der Waals surface area contributed by atoms with Gasteiger partial charge in [0.05, 0.1) is 0 Å². The van der Waals surface area contributed by atoms with Crippen LogP contribution in [-0.2, 0) is 4.79 Å². The Morgan fingerprint density at radius 3 is 2.47 bits per heavy atom. The predicted molar refractivity (Wildman–Crippen MR) is 69.9 cm³/mol. The summed E-state index contributed by atoms with van der Waals surface area (Å²) in [4.78, 5) is 22.6. The minimum absolute atomic E-state index is 0.0262. The smallest absolute Gasteiger partial charge is 0.239 e. The van der Waals surface area contributed by atoms with E-state index in [-0.39, 0.29) is 23.5 Å². The third-order valence-corrected chi connectivity index (χ3v) is 2.72. The number of rotatable bonds is 4. The summed E-state index contributed by atoms with van der Waals surface area (Å²) in [6, 6.07) is 5.33. The fourth-order valence-electron chi connectivity index (χ4n) is 1.57.